The van der Waals surface area contributed by atoms with Gasteiger partial charge in [-0.2, -0.15) is 0 Å². The van der Waals surface area contributed by atoms with Gasteiger partial charge in [0.25, 0.3) is 0 Å². The number of benzene rings is 7. The van der Waals surface area contributed by atoms with Gasteiger partial charge < -0.3 is 0 Å². The lowest BCUT2D eigenvalue weighted by Gasteiger charge is -2.17. The van der Waals surface area contributed by atoms with E-state index in [9.17, 15) is 0 Å². The molecule has 5 heteroatoms. The molecule has 0 N–H and O–H groups in total. The van der Waals surface area contributed by atoms with Crippen LogP contribution in [0.2, 0.25) is 0 Å². The van der Waals surface area contributed by atoms with Gasteiger partial charge in [-0.05, 0) is 45.2 Å². The largest absolute Gasteiger partial charge is 0.246 e. The molecule has 2 aliphatic rings. The Balaban J connectivity index is 1.10. The van der Waals surface area contributed by atoms with E-state index in [0.717, 1.165) is 45.4 Å². The highest BCUT2D eigenvalue weighted by Crippen LogP contribution is 2.54. The smallest absolute Gasteiger partial charge is 0.164 e. The maximum atomic E-state index is 5.66. The van der Waals surface area contributed by atoms with Gasteiger partial charge in [0, 0.05) is 48.9 Å². The molecule has 11 rings (SSSR count). The number of aromatic nitrogens is 4. The second kappa shape index (κ2) is 13.0. The van der Waals surface area contributed by atoms with Crippen molar-refractivity contribution in [2.45, 2.75) is 16.6 Å². The van der Waals surface area contributed by atoms with Gasteiger partial charge in [0.15, 0.2) is 17.5 Å². The molecule has 9 aromatic rings. The summed E-state index contributed by atoms with van der Waals surface area (Å²) < 4.78 is 0. The second-order valence-electron chi connectivity index (χ2n) is 14.1. The molecular weight excluding hydrogens is 689 g/mol. The Labute approximate surface area is 323 Å². The minimum atomic E-state index is 0.369. The number of thioether (sulfide) groups is 1. The van der Waals surface area contributed by atoms with Crippen molar-refractivity contribution in [3.8, 4) is 56.5 Å². The average Bonchev–Trinajstić information content (AvgIpc) is 3.66. The Morgan fingerprint density at radius 2 is 1.05 bits per heavy atom. The predicted octanol–water partition coefficient (Wildman–Crippen LogP) is 12.9. The molecule has 258 valence electrons. The Hall–Kier alpha value is -6.69. The van der Waals surface area contributed by atoms with Gasteiger partial charge in [0.1, 0.15) is 0 Å². The van der Waals surface area contributed by atoms with Crippen LogP contribution in [-0.2, 0) is 0 Å². The normalized spacial score (nSPS) is 14.6. The summed E-state index contributed by atoms with van der Waals surface area (Å²) in [7, 11) is 0. The van der Waals surface area contributed by atoms with Gasteiger partial charge in [0.05, 0.1) is 11.2 Å². The number of pyridine rings is 1. The molecule has 3 heterocycles. The number of nitrogens with zero attached hydrogens (tertiary/aromatic N) is 4. The number of hydrogen-bond donors (Lipinski definition) is 0. The van der Waals surface area contributed by atoms with Gasteiger partial charge in [-0.25, -0.2) is 19.9 Å². The van der Waals surface area contributed by atoms with Gasteiger partial charge in [-0.15, -0.1) is 11.8 Å². The molecule has 1 aliphatic heterocycles. The molecule has 0 saturated heterocycles. The fraction of sp³-hybridized carbons (Fsp3) is 0.0400. The summed E-state index contributed by atoms with van der Waals surface area (Å²) in [4.78, 5) is 21.8. The molecule has 1 atom stereocenters. The van der Waals surface area contributed by atoms with Crippen LogP contribution in [0.15, 0.2) is 181 Å². The quantitative estimate of drug-likeness (QED) is 0.166. The summed E-state index contributed by atoms with van der Waals surface area (Å²) in [6, 6.07) is 55.3. The molecule has 0 amide bonds. The van der Waals surface area contributed by atoms with Gasteiger partial charge in [-0.3, -0.25) is 0 Å². The Morgan fingerprint density at radius 3 is 1.76 bits per heavy atom. The average molecular weight is 721 g/mol. The van der Waals surface area contributed by atoms with E-state index in [1.165, 1.54) is 48.5 Å². The fourth-order valence-electron chi connectivity index (χ4n) is 8.17. The van der Waals surface area contributed by atoms with Crippen molar-refractivity contribution in [3.63, 3.8) is 0 Å². The Bertz CT molecular complexity index is 2970. The van der Waals surface area contributed by atoms with E-state index >= 15 is 0 Å². The van der Waals surface area contributed by atoms with Crippen molar-refractivity contribution >= 4 is 49.8 Å². The lowest BCUT2D eigenvalue weighted by molar-refractivity contribution is 1.07. The first-order valence-corrected chi connectivity index (χ1v) is 19.5. The maximum Gasteiger partial charge on any atom is 0.164 e. The van der Waals surface area contributed by atoms with Gasteiger partial charge in [0.2, 0.25) is 0 Å². The van der Waals surface area contributed by atoms with E-state index in [0.29, 0.717) is 22.7 Å². The van der Waals surface area contributed by atoms with Crippen molar-refractivity contribution in [1.82, 2.24) is 19.9 Å². The summed E-state index contributed by atoms with van der Waals surface area (Å²) >= 11 is 1.98. The molecule has 2 aromatic heterocycles. The van der Waals surface area contributed by atoms with Crippen LogP contribution in [0, 0.1) is 0 Å². The monoisotopic (exact) mass is 720 g/mol. The Kier molecular flexibility index (Phi) is 7.52. The summed E-state index contributed by atoms with van der Waals surface area (Å²) in [5.41, 5.74) is 10.9. The van der Waals surface area contributed by atoms with Gasteiger partial charge >= 0.3 is 0 Å². The fourth-order valence-corrected chi connectivity index (χ4v) is 9.61. The van der Waals surface area contributed by atoms with Crippen molar-refractivity contribution < 1.29 is 0 Å². The number of rotatable bonds is 5. The zero-order valence-electron chi connectivity index (χ0n) is 29.7. The highest BCUT2D eigenvalue weighted by molar-refractivity contribution is 8.01. The van der Waals surface area contributed by atoms with Crippen molar-refractivity contribution in [1.29, 1.82) is 0 Å². The van der Waals surface area contributed by atoms with E-state index in [4.69, 9.17) is 19.9 Å². The van der Waals surface area contributed by atoms with Crippen molar-refractivity contribution in [2.75, 3.05) is 0 Å². The SMILES string of the molecule is C1=CCC2Sc3c(c(-c4ccc(-c5nc(-c6ccccc6)nc(-c6ccccc6)n5)cc4)nc4c(-c5cc6ccccc6c6ccccc56)cccc34)C2=C1. The third-order valence-corrected chi connectivity index (χ3v) is 12.2. The molecule has 55 heavy (non-hydrogen) atoms. The van der Waals surface area contributed by atoms with Crippen LogP contribution in [-0.4, -0.2) is 25.2 Å². The molecule has 7 aromatic carbocycles. The summed E-state index contributed by atoms with van der Waals surface area (Å²) in [6.45, 7) is 0. The topological polar surface area (TPSA) is 51.6 Å². The van der Waals surface area contributed by atoms with Crippen molar-refractivity contribution in [2.24, 2.45) is 0 Å². The van der Waals surface area contributed by atoms with E-state index in [1.54, 1.807) is 0 Å². The van der Waals surface area contributed by atoms with E-state index < -0.39 is 0 Å². The molecule has 0 spiro atoms. The number of fused-ring (bicyclic) bond motifs is 8. The maximum absolute atomic E-state index is 5.66. The van der Waals surface area contributed by atoms with Crippen LogP contribution in [0.5, 0.6) is 0 Å². The molecule has 0 radical (unpaired) electrons. The number of hydrogen-bond acceptors (Lipinski definition) is 5. The Morgan fingerprint density at radius 1 is 0.473 bits per heavy atom. The minimum Gasteiger partial charge on any atom is -0.246 e. The number of para-hydroxylation sites is 1. The van der Waals surface area contributed by atoms with E-state index in [2.05, 4.69) is 115 Å². The molecule has 0 fully saturated rings. The molecule has 0 bridgehead atoms. The molecule has 0 saturated carbocycles. The van der Waals surface area contributed by atoms with Crippen molar-refractivity contribution in [3.05, 3.63) is 182 Å². The predicted molar refractivity (Wildman–Crippen MR) is 229 cm³/mol. The highest BCUT2D eigenvalue weighted by atomic mass is 32.2. The summed E-state index contributed by atoms with van der Waals surface area (Å²) in [6.07, 6.45) is 7.78. The van der Waals surface area contributed by atoms with Crippen LogP contribution in [0.1, 0.15) is 12.0 Å². The first kappa shape index (κ1) is 31.8. The summed E-state index contributed by atoms with van der Waals surface area (Å²) in [5.74, 6) is 1.94. The lowest BCUT2D eigenvalue weighted by Crippen LogP contribution is -2.02. The highest BCUT2D eigenvalue weighted by Gasteiger charge is 2.33. The summed E-state index contributed by atoms with van der Waals surface area (Å²) in [5, 5.41) is 6.56. The first-order chi connectivity index (χ1) is 27.3. The van der Waals surface area contributed by atoms with Crippen LogP contribution < -0.4 is 0 Å². The number of allylic oxidation sites excluding steroid dienone is 3. The van der Waals surface area contributed by atoms with E-state index in [1.807, 2.05) is 72.4 Å². The molecule has 1 unspecified atom stereocenters. The zero-order chi connectivity index (χ0) is 36.3. The van der Waals surface area contributed by atoms with Crippen LogP contribution in [0.3, 0.4) is 0 Å². The first-order valence-electron chi connectivity index (χ1n) is 18.7. The third kappa shape index (κ3) is 5.38. The molecular formula is C50H32N4S. The second-order valence-corrected chi connectivity index (χ2v) is 15.3. The van der Waals surface area contributed by atoms with Crippen LogP contribution >= 0.6 is 11.8 Å². The van der Waals surface area contributed by atoms with E-state index in [-0.39, 0.29) is 0 Å². The van der Waals surface area contributed by atoms with Crippen LogP contribution in [0.4, 0.5) is 0 Å². The molecule has 1 aliphatic carbocycles. The standard InChI is InChI=1S/C50H32N4S/c1-3-14-32(15-4-1)48-52-49(33-16-5-2-6-17-33)54-50(53-48)34-28-26-31(27-29-34)45-44-40-22-11-12-25-43(40)55-47(44)41-24-13-23-39(46(41)51-45)42-30-35-18-7-8-19-36(35)37-20-9-10-21-38(37)42/h1-24,26-30,43H,25H2. The lowest BCUT2D eigenvalue weighted by atomic mass is 9.89. The third-order valence-electron chi connectivity index (χ3n) is 10.8. The van der Waals surface area contributed by atoms with Gasteiger partial charge in [-0.1, -0.05) is 170 Å². The zero-order valence-corrected chi connectivity index (χ0v) is 30.5. The van der Waals surface area contributed by atoms with Crippen LogP contribution in [0.25, 0.3) is 94.6 Å². The minimum absolute atomic E-state index is 0.369. The molecule has 4 nitrogen and oxygen atoms in total.